The number of nitrogens with one attached hydrogen (secondary N) is 2. The van der Waals surface area contributed by atoms with Crippen molar-refractivity contribution in [2.75, 3.05) is 45.9 Å². The van der Waals surface area contributed by atoms with Crippen LogP contribution in [0.5, 0.6) is 0 Å². The number of aliphatic imine (C=N–C) groups is 1. The van der Waals surface area contributed by atoms with E-state index in [-0.39, 0.29) is 24.0 Å². The van der Waals surface area contributed by atoms with Crippen LogP contribution >= 0.6 is 24.0 Å². The molecule has 0 radical (unpaired) electrons. The molecule has 2 heterocycles. The van der Waals surface area contributed by atoms with Gasteiger partial charge in [-0.2, -0.15) is 5.10 Å². The first-order valence-electron chi connectivity index (χ1n) is 10.6. The maximum atomic E-state index is 5.41. The summed E-state index contributed by atoms with van der Waals surface area (Å²) in [6, 6.07) is 10.4. The summed E-state index contributed by atoms with van der Waals surface area (Å²) >= 11 is 0. The van der Waals surface area contributed by atoms with Crippen LogP contribution in [0.15, 0.2) is 35.3 Å². The highest BCUT2D eigenvalue weighted by Crippen LogP contribution is 2.16. The van der Waals surface area contributed by atoms with Crippen LogP contribution < -0.4 is 10.6 Å². The first kappa shape index (κ1) is 24.6. The monoisotopic (exact) mass is 526 g/mol. The number of hydrogen-bond acceptors (Lipinski definition) is 4. The number of rotatable bonds is 8. The van der Waals surface area contributed by atoms with Crippen molar-refractivity contribution < 1.29 is 4.74 Å². The molecule has 0 bridgehead atoms. The van der Waals surface area contributed by atoms with Crippen molar-refractivity contribution >= 4 is 29.9 Å². The van der Waals surface area contributed by atoms with E-state index in [1.165, 1.54) is 16.8 Å². The molecule has 166 valence electrons. The predicted octanol–water partition coefficient (Wildman–Crippen LogP) is 2.55. The van der Waals surface area contributed by atoms with Gasteiger partial charge in [0.05, 0.1) is 32.0 Å². The van der Waals surface area contributed by atoms with Crippen molar-refractivity contribution in [2.24, 2.45) is 4.99 Å². The third-order valence-corrected chi connectivity index (χ3v) is 5.27. The van der Waals surface area contributed by atoms with Gasteiger partial charge in [0.1, 0.15) is 0 Å². The summed E-state index contributed by atoms with van der Waals surface area (Å²) in [6.07, 6.45) is 0. The largest absolute Gasteiger partial charge is 0.379 e. The maximum absolute atomic E-state index is 5.41. The molecule has 0 unspecified atom stereocenters. The lowest BCUT2D eigenvalue weighted by Crippen LogP contribution is -2.44. The molecule has 1 aromatic heterocycles. The summed E-state index contributed by atoms with van der Waals surface area (Å²) < 4.78 is 7.49. The summed E-state index contributed by atoms with van der Waals surface area (Å²) in [5.41, 5.74) is 4.68. The Morgan fingerprint density at radius 2 is 1.87 bits per heavy atom. The van der Waals surface area contributed by atoms with E-state index in [9.17, 15) is 0 Å². The normalized spacial score (nSPS) is 15.0. The lowest BCUT2D eigenvalue weighted by Gasteiger charge is -2.26. The molecule has 1 aliphatic rings. The number of benzene rings is 1. The summed E-state index contributed by atoms with van der Waals surface area (Å²) in [5.74, 6) is 0.857. The van der Waals surface area contributed by atoms with E-state index >= 15 is 0 Å². The van der Waals surface area contributed by atoms with Gasteiger partial charge in [0.25, 0.3) is 0 Å². The molecule has 1 saturated heterocycles. The van der Waals surface area contributed by atoms with Crippen LogP contribution in [0.4, 0.5) is 0 Å². The Bertz CT molecular complexity index is 786. The molecule has 1 aliphatic heterocycles. The first-order chi connectivity index (χ1) is 14.2. The van der Waals surface area contributed by atoms with Gasteiger partial charge in [0.15, 0.2) is 5.96 Å². The van der Waals surface area contributed by atoms with Gasteiger partial charge in [-0.25, -0.2) is 4.99 Å². The van der Waals surface area contributed by atoms with Crippen LogP contribution in [0.2, 0.25) is 0 Å². The molecule has 1 fully saturated rings. The van der Waals surface area contributed by atoms with Gasteiger partial charge in [-0.3, -0.25) is 9.58 Å². The Hall–Kier alpha value is -1.65. The zero-order valence-electron chi connectivity index (χ0n) is 18.4. The summed E-state index contributed by atoms with van der Waals surface area (Å²) in [7, 11) is 0. The number of halogens is 1. The van der Waals surface area contributed by atoms with Crippen molar-refractivity contribution in [1.82, 2.24) is 25.3 Å². The van der Waals surface area contributed by atoms with Gasteiger partial charge >= 0.3 is 0 Å². The third-order valence-electron chi connectivity index (χ3n) is 5.27. The van der Waals surface area contributed by atoms with Crippen molar-refractivity contribution in [3.8, 4) is 0 Å². The van der Waals surface area contributed by atoms with Gasteiger partial charge in [-0.15, -0.1) is 24.0 Å². The van der Waals surface area contributed by atoms with Crippen LogP contribution in [0.1, 0.15) is 29.4 Å². The Kier molecular flexibility index (Phi) is 10.6. The Morgan fingerprint density at radius 1 is 1.13 bits per heavy atom. The minimum absolute atomic E-state index is 0. The van der Waals surface area contributed by atoms with Crippen molar-refractivity contribution in [2.45, 2.75) is 33.9 Å². The lowest BCUT2D eigenvalue weighted by molar-refractivity contribution is 0.0389. The Labute approximate surface area is 197 Å². The average Bonchev–Trinajstić information content (AvgIpc) is 3.00. The molecular weight excluding hydrogens is 491 g/mol. The standard InChI is InChI=1S/C22H34N6O.HI/c1-4-23-22(24-10-11-27-12-14-29-15-13-27)25-16-21-18(2)26-28(19(21)3)17-20-8-6-5-7-9-20;/h5-9H,4,10-17H2,1-3H3,(H2,23,24,25);1H. The highest BCUT2D eigenvalue weighted by Gasteiger charge is 2.12. The smallest absolute Gasteiger partial charge is 0.191 e. The maximum Gasteiger partial charge on any atom is 0.191 e. The van der Waals surface area contributed by atoms with E-state index in [1.54, 1.807) is 0 Å². The molecule has 2 N–H and O–H groups in total. The van der Waals surface area contributed by atoms with Crippen molar-refractivity contribution in [1.29, 1.82) is 0 Å². The molecule has 0 aliphatic carbocycles. The fourth-order valence-electron chi connectivity index (χ4n) is 3.53. The highest BCUT2D eigenvalue weighted by atomic mass is 127. The molecule has 7 nitrogen and oxygen atoms in total. The molecule has 3 rings (SSSR count). The van der Waals surface area contributed by atoms with Gasteiger partial charge in [0.2, 0.25) is 0 Å². The number of ether oxygens (including phenoxy) is 1. The lowest BCUT2D eigenvalue weighted by atomic mass is 10.2. The fourth-order valence-corrected chi connectivity index (χ4v) is 3.53. The summed E-state index contributed by atoms with van der Waals surface area (Å²) in [5, 5.41) is 11.5. The number of nitrogens with zero attached hydrogens (tertiary/aromatic N) is 4. The quantitative estimate of drug-likeness (QED) is 0.315. The molecule has 2 aromatic rings. The molecule has 8 heteroatoms. The van der Waals surface area contributed by atoms with Gasteiger partial charge in [0, 0.05) is 44.0 Å². The summed E-state index contributed by atoms with van der Waals surface area (Å²) in [4.78, 5) is 7.22. The van der Waals surface area contributed by atoms with Gasteiger partial charge < -0.3 is 15.4 Å². The minimum atomic E-state index is 0. The summed E-state index contributed by atoms with van der Waals surface area (Å²) in [6.45, 7) is 14.1. The van der Waals surface area contributed by atoms with E-state index < -0.39 is 0 Å². The van der Waals surface area contributed by atoms with Crippen LogP contribution in [0.25, 0.3) is 0 Å². The molecular formula is C22H35IN6O. The second-order valence-electron chi connectivity index (χ2n) is 7.37. The number of hydrogen-bond donors (Lipinski definition) is 2. The molecule has 0 amide bonds. The molecule has 0 spiro atoms. The molecule has 0 saturated carbocycles. The van der Waals surface area contributed by atoms with Gasteiger partial charge in [-0.05, 0) is 26.3 Å². The highest BCUT2D eigenvalue weighted by molar-refractivity contribution is 14.0. The molecule has 30 heavy (non-hydrogen) atoms. The Morgan fingerprint density at radius 3 is 2.57 bits per heavy atom. The topological polar surface area (TPSA) is 66.7 Å². The van der Waals surface area contributed by atoms with E-state index in [1.807, 2.05) is 6.07 Å². The third kappa shape index (κ3) is 7.24. The molecule has 0 atom stereocenters. The van der Waals surface area contributed by atoms with Crippen molar-refractivity contribution in [3.63, 3.8) is 0 Å². The van der Waals surface area contributed by atoms with E-state index in [2.05, 4.69) is 65.3 Å². The van der Waals surface area contributed by atoms with Crippen molar-refractivity contribution in [3.05, 3.63) is 52.8 Å². The van der Waals surface area contributed by atoms with Crippen LogP contribution in [-0.4, -0.2) is 66.6 Å². The number of aryl methyl sites for hydroxylation is 1. The number of aromatic nitrogens is 2. The van der Waals surface area contributed by atoms with E-state index in [4.69, 9.17) is 14.8 Å². The van der Waals surface area contributed by atoms with Crippen LogP contribution in [0, 0.1) is 13.8 Å². The number of guanidine groups is 1. The SMILES string of the molecule is CCNC(=NCc1c(C)nn(Cc2ccccc2)c1C)NCCN1CCOCC1.I. The average molecular weight is 526 g/mol. The molecule has 1 aromatic carbocycles. The van der Waals surface area contributed by atoms with Crippen LogP contribution in [0.3, 0.4) is 0 Å². The predicted molar refractivity (Wildman–Crippen MR) is 133 cm³/mol. The second-order valence-corrected chi connectivity index (χ2v) is 7.37. The zero-order chi connectivity index (χ0) is 20.5. The van der Waals surface area contributed by atoms with E-state index in [0.29, 0.717) is 6.54 Å². The zero-order valence-corrected chi connectivity index (χ0v) is 20.7. The van der Waals surface area contributed by atoms with Gasteiger partial charge in [-0.1, -0.05) is 30.3 Å². The van der Waals surface area contributed by atoms with Crippen LogP contribution in [-0.2, 0) is 17.8 Å². The number of morpholine rings is 1. The first-order valence-corrected chi connectivity index (χ1v) is 10.6. The fraction of sp³-hybridized carbons (Fsp3) is 0.545. The minimum Gasteiger partial charge on any atom is -0.379 e. The van der Waals surface area contributed by atoms with E-state index in [0.717, 1.165) is 64.1 Å². The second kappa shape index (κ2) is 12.9. The Balaban J connectivity index is 0.00000320.